The average molecular weight is 318 g/mol. The third kappa shape index (κ3) is 3.29. The second kappa shape index (κ2) is 5.93. The Morgan fingerprint density at radius 3 is 2.48 bits per heavy atom. The van der Waals surface area contributed by atoms with Gasteiger partial charge in [0.2, 0.25) is 10.0 Å². The fourth-order valence-electron chi connectivity index (χ4n) is 1.53. The molecule has 1 aromatic carbocycles. The van der Waals surface area contributed by atoms with Crippen LogP contribution in [-0.4, -0.2) is 41.9 Å². The summed E-state index contributed by atoms with van der Waals surface area (Å²) in [5.41, 5.74) is 0.787. The summed E-state index contributed by atoms with van der Waals surface area (Å²) in [7, 11) is -2.93. The number of hydrogen-bond acceptors (Lipinski definition) is 7. The highest BCUT2D eigenvalue weighted by molar-refractivity contribution is 7.89. The van der Waals surface area contributed by atoms with E-state index in [2.05, 4.69) is 5.43 Å². The fraction of sp³-hybridized carbons (Fsp3) is 0.455. The first-order chi connectivity index (χ1) is 9.57. The van der Waals surface area contributed by atoms with Crippen molar-refractivity contribution in [3.8, 4) is 0 Å². The number of hydrogen-bond donors (Lipinski definition) is 3. The number of aliphatic hydroxyl groups is 1. The van der Waals surface area contributed by atoms with E-state index < -0.39 is 37.7 Å². The van der Waals surface area contributed by atoms with Gasteiger partial charge in [0, 0.05) is 13.1 Å². The van der Waals surface area contributed by atoms with E-state index in [1.165, 1.54) is 27.0 Å². The summed E-state index contributed by atoms with van der Waals surface area (Å²) in [4.78, 5) is 9.75. The van der Waals surface area contributed by atoms with E-state index in [0.29, 0.717) is 0 Å². The van der Waals surface area contributed by atoms with Crippen molar-refractivity contribution in [1.82, 2.24) is 4.31 Å². The van der Waals surface area contributed by atoms with E-state index in [1.807, 2.05) is 0 Å². The number of nitrogens with two attached hydrogens (primary N) is 1. The number of aliphatic hydroxyl groups excluding tert-OH is 1. The van der Waals surface area contributed by atoms with Gasteiger partial charge in [-0.25, -0.2) is 8.42 Å². The molecule has 118 valence electrons. The summed E-state index contributed by atoms with van der Waals surface area (Å²) in [6, 6.07) is 3.44. The number of nitrogens with zero attached hydrogens (tertiary/aromatic N) is 2. The van der Waals surface area contributed by atoms with Crippen molar-refractivity contribution in [1.29, 1.82) is 0 Å². The predicted octanol–water partition coefficient (Wildman–Crippen LogP) is 0.272. The van der Waals surface area contributed by atoms with Crippen LogP contribution in [0.5, 0.6) is 0 Å². The third-order valence-corrected chi connectivity index (χ3v) is 5.30. The molecule has 0 saturated carbocycles. The molecule has 0 fully saturated rings. The van der Waals surface area contributed by atoms with E-state index in [4.69, 9.17) is 5.84 Å². The van der Waals surface area contributed by atoms with Gasteiger partial charge >= 0.3 is 0 Å². The molecule has 0 spiro atoms. The summed E-state index contributed by atoms with van der Waals surface area (Å²) < 4.78 is 26.0. The van der Waals surface area contributed by atoms with Gasteiger partial charge in [-0.1, -0.05) is 0 Å². The van der Waals surface area contributed by atoms with Gasteiger partial charge in [0.15, 0.2) is 4.90 Å². The minimum atomic E-state index is -4.18. The summed E-state index contributed by atoms with van der Waals surface area (Å²) in [5, 5.41) is 20.3. The van der Waals surface area contributed by atoms with Crippen LogP contribution in [0.1, 0.15) is 13.8 Å². The molecule has 0 heterocycles. The lowest BCUT2D eigenvalue weighted by molar-refractivity contribution is -0.387. The summed E-state index contributed by atoms with van der Waals surface area (Å²) >= 11 is 0. The molecule has 1 aromatic rings. The third-order valence-electron chi connectivity index (χ3n) is 3.20. The van der Waals surface area contributed by atoms with Crippen LogP contribution in [0, 0.1) is 10.1 Å². The molecule has 1 rings (SSSR count). The Morgan fingerprint density at radius 1 is 1.48 bits per heavy atom. The lowest BCUT2D eigenvalue weighted by atomic mass is 10.1. The van der Waals surface area contributed by atoms with Gasteiger partial charge in [0.05, 0.1) is 22.8 Å². The Hall–Kier alpha value is -1.75. The first-order valence-electron chi connectivity index (χ1n) is 5.93. The zero-order chi connectivity index (χ0) is 16.4. The predicted molar refractivity (Wildman–Crippen MR) is 77.0 cm³/mol. The summed E-state index contributed by atoms with van der Waals surface area (Å²) in [6.45, 7) is 2.56. The normalized spacial score (nSPS) is 12.5. The van der Waals surface area contributed by atoms with Crippen LogP contribution < -0.4 is 11.3 Å². The molecule has 0 saturated heterocycles. The fourth-order valence-corrected chi connectivity index (χ4v) is 3.22. The largest absolute Gasteiger partial charge is 0.394 e. The Kier molecular flexibility index (Phi) is 4.89. The topological polar surface area (TPSA) is 139 Å². The number of benzene rings is 1. The maximum atomic E-state index is 12.6. The monoisotopic (exact) mass is 318 g/mol. The van der Waals surface area contributed by atoms with Crippen molar-refractivity contribution >= 4 is 21.4 Å². The minimum absolute atomic E-state index is 0.217. The zero-order valence-electron chi connectivity index (χ0n) is 11.9. The van der Waals surface area contributed by atoms with Crippen LogP contribution in [0.2, 0.25) is 0 Å². The highest BCUT2D eigenvalue weighted by Crippen LogP contribution is 2.31. The van der Waals surface area contributed by atoms with Crippen molar-refractivity contribution in [2.75, 3.05) is 19.1 Å². The van der Waals surface area contributed by atoms with E-state index in [-0.39, 0.29) is 5.69 Å². The van der Waals surface area contributed by atoms with Gasteiger partial charge in [-0.2, -0.15) is 4.31 Å². The van der Waals surface area contributed by atoms with Gasteiger partial charge in [0.1, 0.15) is 0 Å². The molecular weight excluding hydrogens is 300 g/mol. The van der Waals surface area contributed by atoms with Gasteiger partial charge in [-0.15, -0.1) is 0 Å². The molecular formula is C11H18N4O5S. The second-order valence-corrected chi connectivity index (χ2v) is 6.96. The minimum Gasteiger partial charge on any atom is -0.394 e. The molecule has 9 nitrogen and oxygen atoms in total. The Morgan fingerprint density at radius 2 is 2.05 bits per heavy atom. The molecule has 0 aliphatic rings. The van der Waals surface area contributed by atoms with E-state index >= 15 is 0 Å². The lowest BCUT2D eigenvalue weighted by Crippen LogP contribution is -2.47. The Labute approximate surface area is 122 Å². The van der Waals surface area contributed by atoms with Crippen LogP contribution in [0.4, 0.5) is 11.4 Å². The number of anilines is 1. The lowest BCUT2D eigenvalue weighted by Gasteiger charge is -2.32. The van der Waals surface area contributed by atoms with Crippen LogP contribution in [0.25, 0.3) is 0 Å². The van der Waals surface area contributed by atoms with Crippen molar-refractivity contribution < 1.29 is 18.4 Å². The highest BCUT2D eigenvalue weighted by atomic mass is 32.2. The van der Waals surface area contributed by atoms with Crippen molar-refractivity contribution in [3.05, 3.63) is 28.3 Å². The summed E-state index contributed by atoms with van der Waals surface area (Å²) in [6.07, 6.45) is 0. The van der Waals surface area contributed by atoms with Gasteiger partial charge < -0.3 is 10.5 Å². The van der Waals surface area contributed by atoms with E-state index in [9.17, 15) is 23.6 Å². The maximum absolute atomic E-state index is 12.6. The molecule has 0 unspecified atom stereocenters. The Balaban J connectivity index is 3.53. The Bertz CT molecular complexity index is 644. The molecule has 0 radical (unpaired) electrons. The number of nitro groups is 1. The smallest absolute Gasteiger partial charge is 0.289 e. The quantitative estimate of drug-likeness (QED) is 0.388. The number of hydrazine groups is 1. The molecule has 0 aliphatic heterocycles. The molecule has 0 aromatic heterocycles. The first kappa shape index (κ1) is 17.3. The number of nitrogens with one attached hydrogen (secondary N) is 1. The van der Waals surface area contributed by atoms with E-state index in [1.54, 1.807) is 0 Å². The molecule has 10 heteroatoms. The molecule has 0 bridgehead atoms. The average Bonchev–Trinajstić information content (AvgIpc) is 2.45. The van der Waals surface area contributed by atoms with Crippen LogP contribution in [0.15, 0.2) is 23.1 Å². The number of nitro benzene ring substituents is 1. The van der Waals surface area contributed by atoms with Gasteiger partial charge in [0.25, 0.3) is 5.69 Å². The van der Waals surface area contributed by atoms with E-state index in [0.717, 1.165) is 16.4 Å². The number of likely N-dealkylation sites (N-methyl/N-ethyl adjacent to an activating group) is 1. The second-order valence-electron chi connectivity index (χ2n) is 5.03. The van der Waals surface area contributed by atoms with Crippen molar-refractivity contribution in [2.45, 2.75) is 24.3 Å². The zero-order valence-corrected chi connectivity index (χ0v) is 12.7. The molecule has 0 amide bonds. The molecule has 21 heavy (non-hydrogen) atoms. The van der Waals surface area contributed by atoms with Crippen molar-refractivity contribution in [2.24, 2.45) is 5.84 Å². The van der Waals surface area contributed by atoms with Crippen LogP contribution >= 0.6 is 0 Å². The van der Waals surface area contributed by atoms with Gasteiger partial charge in [-0.3, -0.25) is 16.0 Å². The molecule has 4 N–H and O–H groups in total. The molecule has 0 atom stereocenters. The summed E-state index contributed by atoms with van der Waals surface area (Å²) in [5.74, 6) is 5.21. The van der Waals surface area contributed by atoms with Crippen LogP contribution in [-0.2, 0) is 10.0 Å². The SMILES string of the molecule is CN(C(C)(C)CO)S(=O)(=O)c1cc(NN)ccc1[N+](=O)[O-]. The number of rotatable bonds is 6. The first-order valence-corrected chi connectivity index (χ1v) is 7.37. The van der Waals surface area contributed by atoms with Crippen LogP contribution in [0.3, 0.4) is 0 Å². The van der Waals surface area contributed by atoms with Crippen molar-refractivity contribution in [3.63, 3.8) is 0 Å². The van der Waals surface area contributed by atoms with Gasteiger partial charge in [-0.05, 0) is 26.0 Å². The molecule has 0 aliphatic carbocycles. The standard InChI is InChI=1S/C11H18N4O5S/c1-11(2,7-16)14(3)21(19,20)10-6-8(13-12)4-5-9(10)15(17)18/h4-6,13,16H,7,12H2,1-3H3. The maximum Gasteiger partial charge on any atom is 0.289 e. The number of sulfonamides is 1. The number of nitrogen functional groups attached to an aromatic ring is 1. The highest BCUT2D eigenvalue weighted by Gasteiger charge is 2.37.